The van der Waals surface area contributed by atoms with E-state index < -0.39 is 0 Å². The molecule has 0 aromatic heterocycles. The molecule has 0 saturated heterocycles. The van der Waals surface area contributed by atoms with Gasteiger partial charge in [0.2, 0.25) is 0 Å². The molecule has 0 unspecified atom stereocenters. The van der Waals surface area contributed by atoms with E-state index in [0.717, 1.165) is 9.13 Å². The summed E-state index contributed by atoms with van der Waals surface area (Å²) < 4.78 is 6.70. The number of nitriles is 1. The summed E-state index contributed by atoms with van der Waals surface area (Å²) in [6.45, 7) is 4.04. The number of aromatic hydroxyl groups is 1. The molecule has 1 N–H and O–H groups in total. The first-order chi connectivity index (χ1) is 9.51. The van der Waals surface area contributed by atoms with Crippen molar-refractivity contribution >= 4 is 22.6 Å². The van der Waals surface area contributed by atoms with Gasteiger partial charge in [0.15, 0.2) is 0 Å². The fourth-order valence-corrected chi connectivity index (χ4v) is 2.46. The van der Waals surface area contributed by atoms with Crippen LogP contribution in [0.3, 0.4) is 0 Å². The summed E-state index contributed by atoms with van der Waals surface area (Å²) in [4.78, 5) is 0. The number of phenols is 1. The van der Waals surface area contributed by atoms with Crippen molar-refractivity contribution in [3.05, 3.63) is 51.1 Å². The number of hydrogen-bond acceptors (Lipinski definition) is 3. The fraction of sp³-hybridized carbons (Fsp3) is 0.188. The maximum Gasteiger partial charge on any atom is 0.140 e. The van der Waals surface area contributed by atoms with Gasteiger partial charge in [0, 0.05) is 5.56 Å². The maximum atomic E-state index is 9.80. The summed E-state index contributed by atoms with van der Waals surface area (Å²) in [6, 6.07) is 12.6. The summed E-state index contributed by atoms with van der Waals surface area (Å²) in [5.74, 6) is 1.87. The summed E-state index contributed by atoms with van der Waals surface area (Å²) in [6.07, 6.45) is 0. The molecule has 0 spiro atoms. The minimum Gasteiger partial charge on any atom is -0.508 e. The van der Waals surface area contributed by atoms with Gasteiger partial charge in [0.1, 0.15) is 17.2 Å². The van der Waals surface area contributed by atoms with Gasteiger partial charge in [-0.1, -0.05) is 13.8 Å². The lowest BCUT2D eigenvalue weighted by Crippen LogP contribution is -1.92. The van der Waals surface area contributed by atoms with Crippen LogP contribution in [0.1, 0.15) is 30.9 Å². The molecule has 20 heavy (non-hydrogen) atoms. The van der Waals surface area contributed by atoms with Crippen molar-refractivity contribution < 1.29 is 9.84 Å². The van der Waals surface area contributed by atoms with Gasteiger partial charge in [-0.3, -0.25) is 0 Å². The first-order valence-electron chi connectivity index (χ1n) is 6.21. The molecule has 0 radical (unpaired) electrons. The Balaban J connectivity index is 2.31. The molecule has 0 amide bonds. The lowest BCUT2D eigenvalue weighted by molar-refractivity contribution is 0.453. The summed E-state index contributed by atoms with van der Waals surface area (Å²) in [5, 5.41) is 18.6. The topological polar surface area (TPSA) is 53.2 Å². The zero-order valence-corrected chi connectivity index (χ0v) is 13.4. The summed E-state index contributed by atoms with van der Waals surface area (Å²) in [5.41, 5.74) is 1.46. The highest BCUT2D eigenvalue weighted by atomic mass is 127. The van der Waals surface area contributed by atoms with E-state index in [1.807, 2.05) is 19.9 Å². The second-order valence-corrected chi connectivity index (χ2v) is 5.90. The lowest BCUT2D eigenvalue weighted by atomic mass is 10.0. The van der Waals surface area contributed by atoms with Crippen LogP contribution >= 0.6 is 22.6 Å². The van der Waals surface area contributed by atoms with Crippen molar-refractivity contribution in [2.45, 2.75) is 19.8 Å². The number of rotatable bonds is 3. The maximum absolute atomic E-state index is 9.80. The first kappa shape index (κ1) is 14.7. The third-order valence-corrected chi connectivity index (χ3v) is 3.75. The van der Waals surface area contributed by atoms with E-state index in [4.69, 9.17) is 10.00 Å². The summed E-state index contributed by atoms with van der Waals surface area (Å²) in [7, 11) is 0. The van der Waals surface area contributed by atoms with E-state index in [9.17, 15) is 5.11 Å². The molecule has 2 aromatic carbocycles. The Morgan fingerprint density at radius 3 is 2.55 bits per heavy atom. The Morgan fingerprint density at radius 2 is 1.95 bits per heavy atom. The van der Waals surface area contributed by atoms with Gasteiger partial charge in [0.25, 0.3) is 0 Å². The van der Waals surface area contributed by atoms with Crippen LogP contribution in [0.2, 0.25) is 0 Å². The molecular weight excluding hydrogens is 365 g/mol. The van der Waals surface area contributed by atoms with E-state index in [1.165, 1.54) is 0 Å². The molecule has 2 rings (SSSR count). The molecule has 0 saturated carbocycles. The SMILES string of the molecule is CC(C)c1cc(Oc2ccc(C#N)cc2I)ccc1O. The monoisotopic (exact) mass is 379 g/mol. The second kappa shape index (κ2) is 6.14. The van der Waals surface area contributed by atoms with E-state index in [2.05, 4.69) is 28.7 Å². The molecule has 0 aliphatic heterocycles. The van der Waals surface area contributed by atoms with E-state index >= 15 is 0 Å². The molecule has 4 heteroatoms. The van der Waals surface area contributed by atoms with Gasteiger partial charge in [0.05, 0.1) is 15.2 Å². The van der Waals surface area contributed by atoms with Crippen LogP contribution in [0.4, 0.5) is 0 Å². The predicted molar refractivity (Wildman–Crippen MR) is 86.1 cm³/mol. The largest absolute Gasteiger partial charge is 0.508 e. The Labute approximate surface area is 132 Å². The third-order valence-electron chi connectivity index (χ3n) is 2.91. The van der Waals surface area contributed by atoms with Crippen LogP contribution in [0.25, 0.3) is 0 Å². The van der Waals surface area contributed by atoms with Crippen molar-refractivity contribution in [3.8, 4) is 23.3 Å². The first-order valence-corrected chi connectivity index (χ1v) is 7.29. The smallest absolute Gasteiger partial charge is 0.140 e. The fourth-order valence-electron chi connectivity index (χ4n) is 1.84. The van der Waals surface area contributed by atoms with Crippen LogP contribution in [-0.4, -0.2) is 5.11 Å². The molecule has 0 aliphatic carbocycles. The van der Waals surface area contributed by atoms with Gasteiger partial charge in [-0.2, -0.15) is 5.26 Å². The van der Waals surface area contributed by atoms with Crippen LogP contribution in [0, 0.1) is 14.9 Å². The average Bonchev–Trinajstić information content (AvgIpc) is 2.42. The highest BCUT2D eigenvalue weighted by Crippen LogP contribution is 2.33. The van der Waals surface area contributed by atoms with E-state index in [1.54, 1.807) is 30.3 Å². The minimum atomic E-state index is 0.221. The number of nitrogens with zero attached hydrogens (tertiary/aromatic N) is 1. The predicted octanol–water partition coefficient (Wildman–Crippen LogP) is 4.78. The Kier molecular flexibility index (Phi) is 4.50. The van der Waals surface area contributed by atoms with Gasteiger partial charge >= 0.3 is 0 Å². The Bertz CT molecular complexity index is 675. The number of hydrogen-bond donors (Lipinski definition) is 1. The zero-order chi connectivity index (χ0) is 14.7. The average molecular weight is 379 g/mol. The molecule has 0 aliphatic rings. The van der Waals surface area contributed by atoms with Gasteiger partial charge in [-0.15, -0.1) is 0 Å². The van der Waals surface area contributed by atoms with Crippen molar-refractivity contribution in [1.82, 2.24) is 0 Å². The molecule has 0 bridgehead atoms. The number of benzene rings is 2. The molecule has 2 aromatic rings. The molecular formula is C16H14INO2. The Morgan fingerprint density at radius 1 is 1.20 bits per heavy atom. The quantitative estimate of drug-likeness (QED) is 0.781. The highest BCUT2D eigenvalue weighted by Gasteiger charge is 2.09. The molecule has 0 heterocycles. The number of phenolic OH excluding ortho intramolecular Hbond substituents is 1. The van der Waals surface area contributed by atoms with Gasteiger partial charge in [-0.25, -0.2) is 0 Å². The number of halogens is 1. The normalized spacial score (nSPS) is 10.3. The van der Waals surface area contributed by atoms with Crippen molar-refractivity contribution in [1.29, 1.82) is 5.26 Å². The van der Waals surface area contributed by atoms with Crippen molar-refractivity contribution in [3.63, 3.8) is 0 Å². The van der Waals surface area contributed by atoms with Crippen molar-refractivity contribution in [2.24, 2.45) is 0 Å². The van der Waals surface area contributed by atoms with Crippen LogP contribution in [-0.2, 0) is 0 Å². The van der Waals surface area contributed by atoms with Gasteiger partial charge in [-0.05, 0) is 64.9 Å². The molecule has 102 valence electrons. The number of ether oxygens (including phenoxy) is 1. The molecule has 0 atom stereocenters. The van der Waals surface area contributed by atoms with Crippen LogP contribution in [0.15, 0.2) is 36.4 Å². The standard InChI is InChI=1S/C16H14INO2/c1-10(2)13-8-12(4-5-15(13)19)20-16-6-3-11(9-18)7-14(16)17/h3-8,10,19H,1-2H3. The molecule has 0 fully saturated rings. The second-order valence-electron chi connectivity index (χ2n) is 4.73. The third kappa shape index (κ3) is 3.23. The Hall–Kier alpha value is -1.74. The van der Waals surface area contributed by atoms with Crippen LogP contribution < -0.4 is 4.74 Å². The summed E-state index contributed by atoms with van der Waals surface area (Å²) >= 11 is 2.14. The van der Waals surface area contributed by atoms with E-state index in [-0.39, 0.29) is 11.7 Å². The minimum absolute atomic E-state index is 0.221. The van der Waals surface area contributed by atoms with Crippen LogP contribution in [0.5, 0.6) is 17.2 Å². The van der Waals surface area contributed by atoms with E-state index in [0.29, 0.717) is 17.1 Å². The molecule has 3 nitrogen and oxygen atoms in total. The zero-order valence-electron chi connectivity index (χ0n) is 11.2. The van der Waals surface area contributed by atoms with Gasteiger partial charge < -0.3 is 9.84 Å². The highest BCUT2D eigenvalue weighted by molar-refractivity contribution is 14.1. The van der Waals surface area contributed by atoms with Crippen molar-refractivity contribution in [2.75, 3.05) is 0 Å². The lowest BCUT2D eigenvalue weighted by Gasteiger charge is -2.12.